The summed E-state index contributed by atoms with van der Waals surface area (Å²) in [6.45, 7) is -0.529. The predicted molar refractivity (Wildman–Crippen MR) is 157 cm³/mol. The molecule has 4 aliphatic heterocycles. The number of rotatable bonds is 9. The monoisotopic (exact) mass is 722 g/mol. The van der Waals surface area contributed by atoms with Crippen LogP contribution in [0.4, 0.5) is 0 Å². The minimum absolute atomic E-state index is 0.0777. The van der Waals surface area contributed by atoms with Crippen molar-refractivity contribution < 1.29 is 94.1 Å². The second-order valence-corrected chi connectivity index (χ2v) is 13.9. The summed E-state index contributed by atoms with van der Waals surface area (Å²) >= 11 is 0. The zero-order valence-corrected chi connectivity index (χ0v) is 26.9. The first-order chi connectivity index (χ1) is 23.8. The van der Waals surface area contributed by atoms with Crippen molar-refractivity contribution in [3.63, 3.8) is 0 Å². The van der Waals surface area contributed by atoms with E-state index in [9.17, 15) is 61.0 Å². The number of carbonyl (C=O) groups excluding carboxylic acids is 1. The molecule has 2 saturated heterocycles. The molecule has 284 valence electrons. The number of aliphatic hydroxyl groups excluding tert-OH is 10. The highest BCUT2D eigenvalue weighted by molar-refractivity contribution is 5.89. The normalized spacial score (nSPS) is 51.6. The fourth-order valence-electron chi connectivity index (χ4n) is 8.13. The van der Waals surface area contributed by atoms with Gasteiger partial charge in [0.15, 0.2) is 12.6 Å². The fourth-order valence-corrected chi connectivity index (χ4v) is 8.13. The van der Waals surface area contributed by atoms with Gasteiger partial charge < -0.3 is 89.3 Å². The summed E-state index contributed by atoms with van der Waals surface area (Å²) in [6.07, 6.45) is -17.1. The van der Waals surface area contributed by atoms with Gasteiger partial charge in [-0.15, -0.1) is 0 Å². The zero-order valence-electron chi connectivity index (χ0n) is 26.9. The lowest BCUT2D eigenvalue weighted by molar-refractivity contribution is -0.348. The van der Waals surface area contributed by atoms with Crippen LogP contribution in [0.3, 0.4) is 0 Å². The molecule has 6 rings (SSSR count). The Labute approximate surface area is 285 Å². The van der Waals surface area contributed by atoms with Crippen molar-refractivity contribution in [1.82, 2.24) is 0 Å². The van der Waals surface area contributed by atoms with Crippen LogP contribution in [0.1, 0.15) is 19.8 Å². The Kier molecular flexibility index (Phi) is 11.1. The second-order valence-electron chi connectivity index (χ2n) is 13.9. The molecule has 0 spiro atoms. The number of esters is 1. The van der Waals surface area contributed by atoms with Crippen LogP contribution in [0.2, 0.25) is 0 Å². The third-order valence-corrected chi connectivity index (χ3v) is 11.1. The molecule has 50 heavy (non-hydrogen) atoms. The van der Waals surface area contributed by atoms with Gasteiger partial charge in [-0.3, -0.25) is 0 Å². The summed E-state index contributed by atoms with van der Waals surface area (Å²) < 4.78 is 39.6. The standard InChI is InChI=1S/C31H46O19/c1-10-2-3-11-13(8-45-27(16(10)11)49-29-22(39)20(37)18(35)14(6-32)46-29)26(42)48-24-12-4-5-44-28(17(12)31(43,9-34)25(24)41)50-30-23(40)21(38)19(36)15(7-33)47-30/h4-5,8,10-12,14-25,27-30,32-41,43H,2-3,6-7,9H2,1H3/t10-,11-,12-,14-,15-,16-,17-,18-,19-,20+,21+,22-,23-,24+,25-,27+,28+,29+,30+,31-/m1/s1. The molecule has 19 heteroatoms. The van der Waals surface area contributed by atoms with E-state index in [2.05, 4.69) is 0 Å². The lowest BCUT2D eigenvalue weighted by Gasteiger charge is -2.43. The first kappa shape index (κ1) is 37.7. The average molecular weight is 723 g/mol. The number of hydrogen-bond donors (Lipinski definition) is 11. The van der Waals surface area contributed by atoms with E-state index >= 15 is 0 Å². The topological polar surface area (TPSA) is 304 Å². The smallest absolute Gasteiger partial charge is 0.337 e. The summed E-state index contributed by atoms with van der Waals surface area (Å²) in [4.78, 5) is 13.8. The number of carbonyl (C=O) groups is 1. The van der Waals surface area contributed by atoms with Gasteiger partial charge in [0, 0.05) is 17.8 Å². The Hall–Kier alpha value is -2.05. The maximum absolute atomic E-state index is 13.8. The van der Waals surface area contributed by atoms with Gasteiger partial charge in [0.05, 0.1) is 43.8 Å². The molecule has 19 nitrogen and oxygen atoms in total. The van der Waals surface area contributed by atoms with Crippen LogP contribution in [-0.2, 0) is 38.0 Å². The Balaban J connectivity index is 1.18. The molecular formula is C31H46O19. The maximum Gasteiger partial charge on any atom is 0.337 e. The second kappa shape index (κ2) is 14.8. The van der Waals surface area contributed by atoms with Crippen LogP contribution in [0.15, 0.2) is 24.2 Å². The molecule has 0 radical (unpaired) electrons. The van der Waals surface area contributed by atoms with E-state index in [1.54, 1.807) is 0 Å². The molecule has 0 amide bonds. The summed E-state index contributed by atoms with van der Waals surface area (Å²) in [6, 6.07) is 0. The molecular weight excluding hydrogens is 676 g/mol. The molecule has 2 aliphatic carbocycles. The Bertz CT molecular complexity index is 1260. The zero-order chi connectivity index (χ0) is 36.2. The largest absolute Gasteiger partial charge is 0.472 e. The average Bonchev–Trinajstić information content (AvgIpc) is 3.60. The van der Waals surface area contributed by atoms with Crippen molar-refractivity contribution >= 4 is 5.97 Å². The highest BCUT2D eigenvalue weighted by Crippen LogP contribution is 2.51. The Morgan fingerprint density at radius 2 is 1.38 bits per heavy atom. The molecule has 0 aromatic carbocycles. The Morgan fingerprint density at radius 1 is 0.800 bits per heavy atom. The number of ether oxygens (including phenoxy) is 7. The van der Waals surface area contributed by atoms with Crippen molar-refractivity contribution in [1.29, 1.82) is 0 Å². The van der Waals surface area contributed by atoms with Crippen LogP contribution in [0, 0.1) is 29.6 Å². The van der Waals surface area contributed by atoms with E-state index in [1.165, 1.54) is 6.08 Å². The summed E-state index contributed by atoms with van der Waals surface area (Å²) in [5, 5.41) is 114. The van der Waals surface area contributed by atoms with Gasteiger partial charge in [-0.05, 0) is 24.8 Å². The van der Waals surface area contributed by atoms with E-state index in [0.717, 1.165) is 12.5 Å². The van der Waals surface area contributed by atoms with Crippen molar-refractivity contribution in [2.24, 2.45) is 29.6 Å². The van der Waals surface area contributed by atoms with Gasteiger partial charge in [-0.1, -0.05) is 6.92 Å². The third-order valence-electron chi connectivity index (χ3n) is 11.1. The quantitative estimate of drug-likeness (QED) is 0.0990. The van der Waals surface area contributed by atoms with E-state index in [1.807, 2.05) is 6.92 Å². The molecule has 0 aromatic rings. The third kappa shape index (κ3) is 6.35. The van der Waals surface area contributed by atoms with Gasteiger partial charge in [0.1, 0.15) is 66.6 Å². The van der Waals surface area contributed by atoms with Crippen molar-refractivity contribution in [2.75, 3.05) is 19.8 Å². The van der Waals surface area contributed by atoms with Crippen LogP contribution in [0.5, 0.6) is 0 Å². The molecule has 11 N–H and O–H groups in total. The van der Waals surface area contributed by atoms with Crippen molar-refractivity contribution in [3.05, 3.63) is 24.2 Å². The van der Waals surface area contributed by atoms with Crippen LogP contribution < -0.4 is 0 Å². The van der Waals surface area contributed by atoms with Crippen LogP contribution in [-0.4, -0.2) is 174 Å². The van der Waals surface area contributed by atoms with E-state index < -0.39 is 141 Å². The lowest BCUT2D eigenvalue weighted by Crippen LogP contribution is -2.61. The van der Waals surface area contributed by atoms with E-state index in [4.69, 9.17) is 33.2 Å². The fraction of sp³-hybridized carbons (Fsp3) is 0.839. The first-order valence-electron chi connectivity index (χ1n) is 16.6. The highest BCUT2D eigenvalue weighted by atomic mass is 16.8. The number of fused-ring (bicyclic) bond motifs is 2. The van der Waals surface area contributed by atoms with Crippen molar-refractivity contribution in [2.45, 2.75) is 112 Å². The molecule has 6 aliphatic rings. The van der Waals surface area contributed by atoms with Gasteiger partial charge >= 0.3 is 5.97 Å². The molecule has 0 aromatic heterocycles. The van der Waals surface area contributed by atoms with Gasteiger partial charge in [-0.25, -0.2) is 4.79 Å². The summed E-state index contributed by atoms with van der Waals surface area (Å²) in [5.74, 6) is -4.32. The number of aliphatic hydroxyl groups is 11. The van der Waals surface area contributed by atoms with Gasteiger partial charge in [0.2, 0.25) is 12.6 Å². The van der Waals surface area contributed by atoms with Crippen molar-refractivity contribution in [3.8, 4) is 0 Å². The Morgan fingerprint density at radius 3 is 1.94 bits per heavy atom. The van der Waals surface area contributed by atoms with E-state index in [-0.39, 0.29) is 11.5 Å². The van der Waals surface area contributed by atoms with Gasteiger partial charge in [-0.2, -0.15) is 0 Å². The minimum Gasteiger partial charge on any atom is -0.472 e. The van der Waals surface area contributed by atoms with Crippen LogP contribution in [0.25, 0.3) is 0 Å². The van der Waals surface area contributed by atoms with Crippen LogP contribution >= 0.6 is 0 Å². The van der Waals surface area contributed by atoms with Gasteiger partial charge in [0.25, 0.3) is 0 Å². The molecule has 4 heterocycles. The van der Waals surface area contributed by atoms with E-state index in [0.29, 0.717) is 12.8 Å². The SMILES string of the molecule is C[C@@H]1CC[C@@H]2C(C(=O)O[C@H]3[C@@H]4C=CO[C@@H](O[C@@H]5O[C@H](CO)[C@@H](O)[C@H](O)[C@H]5O)[C@@H]4[C@](O)(CO)[C@@H]3O)=CO[C@@H](O[C@@H]3O[C@H](CO)[C@@H](O)[C@H](O)[C@H]3O)[C@H]12. The molecule has 0 unspecified atom stereocenters. The predicted octanol–water partition coefficient (Wildman–Crippen LogP) is -5.37. The maximum atomic E-state index is 13.8. The molecule has 2 saturated carbocycles. The number of hydrogen-bond acceptors (Lipinski definition) is 19. The summed E-state index contributed by atoms with van der Waals surface area (Å²) in [7, 11) is 0. The minimum atomic E-state index is -2.38. The molecule has 0 bridgehead atoms. The molecule has 20 atom stereocenters. The lowest BCUT2D eigenvalue weighted by atomic mass is 9.83. The highest BCUT2D eigenvalue weighted by Gasteiger charge is 2.65. The first-order valence-corrected chi connectivity index (χ1v) is 16.6. The summed E-state index contributed by atoms with van der Waals surface area (Å²) in [5.41, 5.74) is -2.30. The molecule has 4 fully saturated rings.